The van der Waals surface area contributed by atoms with Crippen molar-refractivity contribution in [3.63, 3.8) is 0 Å². The van der Waals surface area contributed by atoms with E-state index in [2.05, 4.69) is 6.58 Å². The molecule has 1 aliphatic rings. The van der Waals surface area contributed by atoms with Gasteiger partial charge in [0.1, 0.15) is 0 Å². The third kappa shape index (κ3) is 1.94. The number of hydrogen-bond acceptors (Lipinski definition) is 2. The molecule has 0 spiro atoms. The van der Waals surface area contributed by atoms with Crippen LogP contribution in [0.3, 0.4) is 0 Å². The van der Waals surface area contributed by atoms with E-state index in [1.54, 1.807) is 19.9 Å². The Balaban J connectivity index is 2.87. The number of hydrogen-bond donors (Lipinski definition) is 2. The Hall–Kier alpha value is -0.340. The van der Waals surface area contributed by atoms with Crippen molar-refractivity contribution in [3.05, 3.63) is 12.7 Å². The zero-order chi connectivity index (χ0) is 10.3. The van der Waals surface area contributed by atoms with Gasteiger partial charge >= 0.3 is 0 Å². The van der Waals surface area contributed by atoms with E-state index in [4.69, 9.17) is 0 Å². The van der Waals surface area contributed by atoms with Crippen LogP contribution in [0.1, 0.15) is 33.6 Å². The van der Waals surface area contributed by atoms with Gasteiger partial charge in [0, 0.05) is 5.92 Å². The first-order valence-electron chi connectivity index (χ1n) is 4.86. The minimum Gasteiger partial charge on any atom is -0.390 e. The Morgan fingerprint density at radius 2 is 2.08 bits per heavy atom. The molecule has 0 saturated heterocycles. The summed E-state index contributed by atoms with van der Waals surface area (Å²) in [5, 5.41) is 19.9. The van der Waals surface area contributed by atoms with Crippen molar-refractivity contribution in [1.82, 2.24) is 0 Å². The largest absolute Gasteiger partial charge is 0.390 e. The summed E-state index contributed by atoms with van der Waals surface area (Å²) in [6, 6.07) is 0. The van der Waals surface area contributed by atoms with E-state index in [-0.39, 0.29) is 11.8 Å². The van der Waals surface area contributed by atoms with Crippen LogP contribution < -0.4 is 0 Å². The molecule has 0 aromatic heterocycles. The highest BCUT2D eigenvalue weighted by molar-refractivity contribution is 5.06. The van der Waals surface area contributed by atoms with Gasteiger partial charge in [-0.3, -0.25) is 0 Å². The first-order valence-corrected chi connectivity index (χ1v) is 4.86. The molecule has 0 bridgehead atoms. The lowest BCUT2D eigenvalue weighted by atomic mass is 9.79. The fraction of sp³-hybridized carbons (Fsp3) is 0.818. The molecule has 1 rings (SSSR count). The van der Waals surface area contributed by atoms with Gasteiger partial charge < -0.3 is 10.2 Å². The molecule has 76 valence electrons. The van der Waals surface area contributed by atoms with Gasteiger partial charge in [-0.05, 0) is 39.5 Å². The van der Waals surface area contributed by atoms with E-state index in [1.807, 2.05) is 6.92 Å². The Morgan fingerprint density at radius 1 is 1.54 bits per heavy atom. The molecule has 1 aliphatic carbocycles. The summed E-state index contributed by atoms with van der Waals surface area (Å²) in [5.74, 6) is 0.132. The highest BCUT2D eigenvalue weighted by Crippen LogP contribution is 2.45. The predicted molar refractivity (Wildman–Crippen MR) is 53.3 cm³/mol. The monoisotopic (exact) mass is 184 g/mol. The van der Waals surface area contributed by atoms with Crippen LogP contribution in [-0.4, -0.2) is 21.4 Å². The topological polar surface area (TPSA) is 40.5 Å². The Bertz CT molecular complexity index is 201. The summed E-state index contributed by atoms with van der Waals surface area (Å²) >= 11 is 0. The van der Waals surface area contributed by atoms with Gasteiger partial charge in [0.2, 0.25) is 0 Å². The molecule has 0 unspecified atom stereocenters. The lowest BCUT2D eigenvalue weighted by Gasteiger charge is -2.33. The van der Waals surface area contributed by atoms with E-state index >= 15 is 0 Å². The molecule has 2 nitrogen and oxygen atoms in total. The van der Waals surface area contributed by atoms with Gasteiger partial charge in [0.15, 0.2) is 0 Å². The van der Waals surface area contributed by atoms with Crippen LogP contribution in [0.15, 0.2) is 12.7 Å². The van der Waals surface area contributed by atoms with Crippen molar-refractivity contribution < 1.29 is 10.2 Å². The van der Waals surface area contributed by atoms with E-state index in [0.29, 0.717) is 0 Å². The summed E-state index contributed by atoms with van der Waals surface area (Å²) in [5.41, 5.74) is -1.41. The maximum Gasteiger partial charge on any atom is 0.0685 e. The summed E-state index contributed by atoms with van der Waals surface area (Å²) in [7, 11) is 0. The normalized spacial score (nSPS) is 40.7. The standard InChI is InChI=1S/C11H20O2/c1-5-8-9(10(2,3)12)6-7-11(8,4)13/h5,8-9,12-13H,1,6-7H2,2-4H3/t8-,9-,11-/m1/s1. The Labute approximate surface area is 80.3 Å². The predicted octanol–water partition coefficient (Wildman–Crippen LogP) is 1.72. The molecule has 0 aromatic carbocycles. The maximum absolute atomic E-state index is 10.0. The van der Waals surface area contributed by atoms with Crippen LogP contribution in [0.5, 0.6) is 0 Å². The molecule has 0 radical (unpaired) electrons. The zero-order valence-electron chi connectivity index (χ0n) is 8.75. The first kappa shape index (κ1) is 10.7. The van der Waals surface area contributed by atoms with Crippen molar-refractivity contribution in [1.29, 1.82) is 0 Å². The van der Waals surface area contributed by atoms with Gasteiger partial charge in [0.05, 0.1) is 11.2 Å². The third-order valence-corrected chi connectivity index (χ3v) is 3.27. The van der Waals surface area contributed by atoms with Crippen LogP contribution in [0.25, 0.3) is 0 Å². The molecule has 0 heterocycles. The fourth-order valence-corrected chi connectivity index (χ4v) is 2.44. The minimum absolute atomic E-state index is 0.00694. The van der Waals surface area contributed by atoms with E-state index in [0.717, 1.165) is 12.8 Å². The van der Waals surface area contributed by atoms with Gasteiger partial charge in [-0.2, -0.15) is 0 Å². The van der Waals surface area contributed by atoms with E-state index in [1.165, 1.54) is 0 Å². The van der Waals surface area contributed by atoms with Crippen LogP contribution in [-0.2, 0) is 0 Å². The number of aliphatic hydroxyl groups is 2. The molecule has 2 heteroatoms. The molecule has 13 heavy (non-hydrogen) atoms. The van der Waals surface area contributed by atoms with Crippen LogP contribution >= 0.6 is 0 Å². The lowest BCUT2D eigenvalue weighted by Crippen LogP contribution is -2.39. The minimum atomic E-state index is -0.723. The molecule has 0 amide bonds. The first-order chi connectivity index (χ1) is 5.79. The second-order valence-corrected chi connectivity index (χ2v) is 4.92. The highest BCUT2D eigenvalue weighted by atomic mass is 16.3. The van der Waals surface area contributed by atoms with Crippen molar-refractivity contribution in [3.8, 4) is 0 Å². The average Bonchev–Trinajstić information content (AvgIpc) is 2.23. The van der Waals surface area contributed by atoms with Crippen LogP contribution in [0, 0.1) is 11.8 Å². The molecule has 2 N–H and O–H groups in total. The van der Waals surface area contributed by atoms with E-state index < -0.39 is 11.2 Å². The Morgan fingerprint density at radius 3 is 2.38 bits per heavy atom. The maximum atomic E-state index is 10.0. The smallest absolute Gasteiger partial charge is 0.0685 e. The third-order valence-electron chi connectivity index (χ3n) is 3.27. The highest BCUT2D eigenvalue weighted by Gasteiger charge is 2.47. The molecule has 0 aliphatic heterocycles. The van der Waals surface area contributed by atoms with Gasteiger partial charge in [0.25, 0.3) is 0 Å². The lowest BCUT2D eigenvalue weighted by molar-refractivity contribution is -0.0293. The fourth-order valence-electron chi connectivity index (χ4n) is 2.44. The van der Waals surface area contributed by atoms with Crippen molar-refractivity contribution in [2.24, 2.45) is 11.8 Å². The summed E-state index contributed by atoms with van der Waals surface area (Å²) in [6.45, 7) is 9.16. The second-order valence-electron chi connectivity index (χ2n) is 4.92. The molecule has 0 aromatic rings. The molecule has 1 saturated carbocycles. The average molecular weight is 184 g/mol. The van der Waals surface area contributed by atoms with Crippen LogP contribution in [0.2, 0.25) is 0 Å². The second kappa shape index (κ2) is 3.10. The molecule has 3 atom stereocenters. The summed E-state index contributed by atoms with van der Waals surface area (Å²) in [4.78, 5) is 0. The van der Waals surface area contributed by atoms with Gasteiger partial charge in [-0.25, -0.2) is 0 Å². The SMILES string of the molecule is C=C[C@@H]1[C@H](C(C)(C)O)CC[C@@]1(C)O. The number of rotatable bonds is 2. The molecular weight excluding hydrogens is 164 g/mol. The van der Waals surface area contributed by atoms with Gasteiger partial charge in [-0.15, -0.1) is 6.58 Å². The summed E-state index contributed by atoms with van der Waals surface area (Å²) in [6.07, 6.45) is 3.39. The quantitative estimate of drug-likeness (QED) is 0.641. The van der Waals surface area contributed by atoms with Crippen LogP contribution in [0.4, 0.5) is 0 Å². The summed E-state index contributed by atoms with van der Waals surface area (Å²) < 4.78 is 0. The Kier molecular flexibility index (Phi) is 2.56. The van der Waals surface area contributed by atoms with Gasteiger partial charge in [-0.1, -0.05) is 6.08 Å². The van der Waals surface area contributed by atoms with Crippen molar-refractivity contribution >= 4 is 0 Å². The zero-order valence-corrected chi connectivity index (χ0v) is 8.75. The van der Waals surface area contributed by atoms with E-state index in [9.17, 15) is 10.2 Å². The van der Waals surface area contributed by atoms with Crippen molar-refractivity contribution in [2.75, 3.05) is 0 Å². The molecular formula is C11H20O2. The van der Waals surface area contributed by atoms with Crippen molar-refractivity contribution in [2.45, 2.75) is 44.8 Å². The molecule has 1 fully saturated rings.